The molecule has 2 heterocycles. The van der Waals surface area contributed by atoms with E-state index in [1.165, 1.54) is 12.1 Å². The molecule has 4 rings (SSSR count). The van der Waals surface area contributed by atoms with Crippen molar-refractivity contribution < 1.29 is 32.3 Å². The van der Waals surface area contributed by atoms with Crippen molar-refractivity contribution in [2.45, 2.75) is 26.1 Å². The molecule has 0 aliphatic rings. The van der Waals surface area contributed by atoms with Crippen molar-refractivity contribution in [3.63, 3.8) is 0 Å². The molecule has 0 bridgehead atoms. The van der Waals surface area contributed by atoms with E-state index in [0.29, 0.717) is 23.0 Å². The minimum absolute atomic E-state index is 0.0700. The normalized spacial score (nSPS) is 10.8. The van der Waals surface area contributed by atoms with Crippen LogP contribution in [0.4, 0.5) is 8.78 Å². The Hall–Kier alpha value is -4.34. The number of alkyl halides is 2. The number of halogens is 2. The van der Waals surface area contributed by atoms with Crippen LogP contribution in [0.15, 0.2) is 77.4 Å². The van der Waals surface area contributed by atoms with E-state index in [1.807, 2.05) is 30.3 Å². The second-order valence-electron chi connectivity index (χ2n) is 7.00. The van der Waals surface area contributed by atoms with Crippen molar-refractivity contribution >= 4 is 5.97 Å². The Balaban J connectivity index is 1.31. The van der Waals surface area contributed by atoms with Crippen molar-refractivity contribution in [2.75, 3.05) is 0 Å². The van der Waals surface area contributed by atoms with Gasteiger partial charge in [0.1, 0.15) is 18.1 Å². The molecule has 0 unspecified atom stereocenters. The number of nitrogens with zero attached hydrogens (tertiary/aromatic N) is 3. The van der Waals surface area contributed by atoms with Crippen molar-refractivity contribution in [1.29, 1.82) is 0 Å². The van der Waals surface area contributed by atoms with E-state index in [1.54, 1.807) is 24.3 Å². The van der Waals surface area contributed by atoms with Gasteiger partial charge in [0.05, 0.1) is 12.6 Å². The predicted octanol–water partition coefficient (Wildman–Crippen LogP) is 5.20. The zero-order chi connectivity index (χ0) is 23.8. The quantitative estimate of drug-likeness (QED) is 0.294. The van der Waals surface area contributed by atoms with E-state index >= 15 is 0 Å². The van der Waals surface area contributed by atoms with Gasteiger partial charge >= 0.3 is 12.6 Å². The van der Waals surface area contributed by atoms with Crippen LogP contribution in [0.3, 0.4) is 0 Å². The lowest BCUT2D eigenvalue weighted by molar-refractivity contribution is -0.145. The first-order valence-electron chi connectivity index (χ1n) is 10.3. The second-order valence-corrected chi connectivity index (χ2v) is 7.00. The molecule has 0 aliphatic carbocycles. The molecule has 0 saturated heterocycles. The average Bonchev–Trinajstić information content (AvgIpc) is 3.32. The molecule has 2 aromatic carbocycles. The number of benzene rings is 2. The highest BCUT2D eigenvalue weighted by Gasteiger charge is 2.13. The fourth-order valence-electron chi connectivity index (χ4n) is 2.91. The number of carbonyl (C=O) groups excluding carboxylic acids is 1. The largest absolute Gasteiger partial charge is 0.461 e. The summed E-state index contributed by atoms with van der Waals surface area (Å²) in [5, 5.41) is 3.95. The van der Waals surface area contributed by atoms with Gasteiger partial charge in [-0.05, 0) is 23.8 Å². The minimum atomic E-state index is -2.93. The first kappa shape index (κ1) is 22.8. The van der Waals surface area contributed by atoms with Crippen molar-refractivity contribution in [2.24, 2.45) is 0 Å². The summed E-state index contributed by atoms with van der Waals surface area (Å²) in [6.07, 6.45) is 1.49. The zero-order valence-electron chi connectivity index (χ0n) is 17.8. The van der Waals surface area contributed by atoms with Crippen molar-refractivity contribution in [1.82, 2.24) is 15.1 Å². The third-order valence-corrected chi connectivity index (χ3v) is 4.50. The molecule has 8 nitrogen and oxygen atoms in total. The lowest BCUT2D eigenvalue weighted by atomic mass is 10.2. The molecule has 2 aromatic heterocycles. The van der Waals surface area contributed by atoms with Crippen LogP contribution < -0.4 is 9.47 Å². The van der Waals surface area contributed by atoms with Crippen LogP contribution in [-0.4, -0.2) is 27.7 Å². The Labute approximate surface area is 193 Å². The second kappa shape index (κ2) is 11.0. The van der Waals surface area contributed by atoms with E-state index in [2.05, 4.69) is 19.9 Å². The van der Waals surface area contributed by atoms with E-state index in [-0.39, 0.29) is 37.0 Å². The van der Waals surface area contributed by atoms with E-state index in [9.17, 15) is 13.6 Å². The number of rotatable bonds is 10. The molecular weight excluding hydrogens is 448 g/mol. The summed E-state index contributed by atoms with van der Waals surface area (Å²) in [6.45, 7) is -2.72. The fraction of sp³-hybridized carbons (Fsp3) is 0.167. The van der Waals surface area contributed by atoms with E-state index in [0.717, 1.165) is 11.8 Å². The standard InChI is InChI=1S/C24H19F2N3O5/c25-24(26)33-19-9-10-20(27-14-19)32-18-8-4-7-17(13-18)23-28-21(34-29-23)11-12-22(30)31-15-16-5-2-1-3-6-16/h1-10,13-14,24H,11-12,15H2. The molecule has 0 atom stereocenters. The Bertz CT molecular complexity index is 1220. The smallest absolute Gasteiger partial charge is 0.387 e. The minimum Gasteiger partial charge on any atom is -0.461 e. The van der Waals surface area contributed by atoms with Crippen molar-refractivity contribution in [3.05, 3.63) is 84.4 Å². The maximum atomic E-state index is 12.2. The summed E-state index contributed by atoms with van der Waals surface area (Å²) in [7, 11) is 0. The molecule has 0 spiro atoms. The van der Waals surface area contributed by atoms with Crippen LogP contribution in [0.1, 0.15) is 17.9 Å². The lowest BCUT2D eigenvalue weighted by Gasteiger charge is -2.07. The molecule has 4 aromatic rings. The highest BCUT2D eigenvalue weighted by Crippen LogP contribution is 2.26. The van der Waals surface area contributed by atoms with Gasteiger partial charge < -0.3 is 18.7 Å². The number of hydrogen-bond acceptors (Lipinski definition) is 8. The summed E-state index contributed by atoms with van der Waals surface area (Å²) in [6, 6.07) is 19.0. The Morgan fingerprint density at radius 3 is 2.62 bits per heavy atom. The molecule has 10 heteroatoms. The number of carbonyl (C=O) groups is 1. The lowest BCUT2D eigenvalue weighted by Crippen LogP contribution is -2.06. The van der Waals surface area contributed by atoms with Crippen LogP contribution in [0.2, 0.25) is 0 Å². The number of aromatic nitrogens is 3. The summed E-state index contributed by atoms with van der Waals surface area (Å²) in [4.78, 5) is 20.2. The van der Waals surface area contributed by atoms with Gasteiger partial charge in [-0.3, -0.25) is 4.79 Å². The van der Waals surface area contributed by atoms with Gasteiger partial charge in [-0.15, -0.1) is 0 Å². The fourth-order valence-corrected chi connectivity index (χ4v) is 2.91. The maximum absolute atomic E-state index is 12.2. The maximum Gasteiger partial charge on any atom is 0.387 e. The van der Waals surface area contributed by atoms with Crippen LogP contribution in [0, 0.1) is 0 Å². The summed E-state index contributed by atoms with van der Waals surface area (Å²) >= 11 is 0. The van der Waals surface area contributed by atoms with Gasteiger partial charge in [0.15, 0.2) is 0 Å². The molecule has 0 amide bonds. The first-order valence-corrected chi connectivity index (χ1v) is 10.3. The zero-order valence-corrected chi connectivity index (χ0v) is 17.8. The summed E-state index contributed by atoms with van der Waals surface area (Å²) < 4.78 is 44.9. The summed E-state index contributed by atoms with van der Waals surface area (Å²) in [5.74, 6) is 0.821. The number of hydrogen-bond donors (Lipinski definition) is 0. The van der Waals surface area contributed by atoms with Gasteiger partial charge in [0.2, 0.25) is 17.6 Å². The molecule has 34 heavy (non-hydrogen) atoms. The van der Waals surface area contributed by atoms with Crippen LogP contribution in [0.5, 0.6) is 17.4 Å². The van der Waals surface area contributed by atoms with Crippen LogP contribution >= 0.6 is 0 Å². The number of ether oxygens (including phenoxy) is 3. The molecule has 0 fully saturated rings. The number of pyridine rings is 1. The third-order valence-electron chi connectivity index (χ3n) is 4.50. The Morgan fingerprint density at radius 1 is 1.00 bits per heavy atom. The van der Waals surface area contributed by atoms with Crippen molar-refractivity contribution in [3.8, 4) is 28.8 Å². The van der Waals surface area contributed by atoms with Crippen LogP contribution in [-0.2, 0) is 22.6 Å². The highest BCUT2D eigenvalue weighted by molar-refractivity contribution is 5.69. The van der Waals surface area contributed by atoms with Gasteiger partial charge in [0, 0.05) is 18.1 Å². The summed E-state index contributed by atoms with van der Waals surface area (Å²) in [5.41, 5.74) is 1.53. The molecule has 0 N–H and O–H groups in total. The Morgan fingerprint density at radius 2 is 1.85 bits per heavy atom. The highest BCUT2D eigenvalue weighted by atomic mass is 19.3. The number of esters is 1. The molecule has 174 valence electrons. The third kappa shape index (κ3) is 6.58. The Kier molecular flexibility index (Phi) is 7.39. The topological polar surface area (TPSA) is 96.6 Å². The molecule has 0 saturated carbocycles. The SMILES string of the molecule is O=C(CCc1nc(-c2cccc(Oc3ccc(OC(F)F)cn3)c2)no1)OCc1ccccc1. The van der Waals surface area contributed by atoms with Gasteiger partial charge in [-0.1, -0.05) is 47.6 Å². The molecular formula is C24H19F2N3O5. The monoisotopic (exact) mass is 467 g/mol. The van der Waals surface area contributed by atoms with Gasteiger partial charge in [-0.2, -0.15) is 13.8 Å². The van der Waals surface area contributed by atoms with Gasteiger partial charge in [-0.25, -0.2) is 4.98 Å². The van der Waals surface area contributed by atoms with Gasteiger partial charge in [0.25, 0.3) is 0 Å². The molecule has 0 radical (unpaired) electrons. The average molecular weight is 467 g/mol. The predicted molar refractivity (Wildman–Crippen MR) is 115 cm³/mol. The van der Waals surface area contributed by atoms with E-state index in [4.69, 9.17) is 14.0 Å². The molecule has 0 aliphatic heterocycles. The van der Waals surface area contributed by atoms with Crippen LogP contribution in [0.25, 0.3) is 11.4 Å². The van der Waals surface area contributed by atoms with E-state index < -0.39 is 6.61 Å². The number of aryl methyl sites for hydroxylation is 1. The first-order chi connectivity index (χ1) is 16.5.